The molecule has 3 aromatic rings. The highest BCUT2D eigenvalue weighted by atomic mass is 16.7. The van der Waals surface area contributed by atoms with Crippen LogP contribution in [0.2, 0.25) is 0 Å². The largest absolute Gasteiger partial charge is 0.473 e. The van der Waals surface area contributed by atoms with Crippen LogP contribution in [0.4, 0.5) is 0 Å². The van der Waals surface area contributed by atoms with Gasteiger partial charge in [0.25, 0.3) is 0 Å². The lowest BCUT2D eigenvalue weighted by molar-refractivity contribution is -0.534. The molecule has 206 valence electrons. The zero-order valence-corrected chi connectivity index (χ0v) is 23.0. The molecule has 5 nitrogen and oxygen atoms in total. The third kappa shape index (κ3) is 6.29. The van der Waals surface area contributed by atoms with Gasteiger partial charge in [0.2, 0.25) is 6.04 Å². The highest BCUT2D eigenvalue weighted by Crippen LogP contribution is 2.55. The minimum absolute atomic E-state index is 0.0234. The van der Waals surface area contributed by atoms with Gasteiger partial charge in [0.1, 0.15) is 0 Å². The van der Waals surface area contributed by atoms with Crippen molar-refractivity contribution < 1.29 is 14.4 Å². The Morgan fingerprint density at radius 1 is 0.950 bits per heavy atom. The van der Waals surface area contributed by atoms with Crippen LogP contribution in [0.25, 0.3) is 0 Å². The minimum atomic E-state index is -0.819. The molecule has 0 radical (unpaired) electrons. The number of nitro groups is 1. The lowest BCUT2D eigenvalue weighted by Gasteiger charge is -2.47. The summed E-state index contributed by atoms with van der Waals surface area (Å²) in [6.45, 7) is 2.79. The van der Waals surface area contributed by atoms with Crippen LogP contribution in [0.15, 0.2) is 103 Å². The summed E-state index contributed by atoms with van der Waals surface area (Å²) < 4.78 is 12.2. The fourth-order valence-corrected chi connectivity index (χ4v) is 6.47. The summed E-state index contributed by atoms with van der Waals surface area (Å²) in [6, 6.07) is 29.1. The van der Waals surface area contributed by atoms with Gasteiger partial charge in [-0.2, -0.15) is 0 Å². The van der Waals surface area contributed by atoms with Gasteiger partial charge in [-0.05, 0) is 53.5 Å². The predicted molar refractivity (Wildman–Crippen MR) is 157 cm³/mol. The van der Waals surface area contributed by atoms with Crippen molar-refractivity contribution in [2.75, 3.05) is 6.61 Å². The molecule has 1 saturated carbocycles. The van der Waals surface area contributed by atoms with E-state index in [1.54, 1.807) is 6.26 Å². The van der Waals surface area contributed by atoms with E-state index in [1.165, 1.54) is 0 Å². The molecule has 1 aliphatic carbocycles. The first-order valence-electron chi connectivity index (χ1n) is 14.4. The van der Waals surface area contributed by atoms with Gasteiger partial charge in [-0.15, -0.1) is 0 Å². The van der Waals surface area contributed by atoms with E-state index >= 15 is 0 Å². The Labute approximate surface area is 237 Å². The molecule has 0 bridgehead atoms. The van der Waals surface area contributed by atoms with Crippen molar-refractivity contribution in [3.63, 3.8) is 0 Å². The number of rotatable bonds is 9. The Morgan fingerprint density at radius 2 is 1.60 bits per heavy atom. The van der Waals surface area contributed by atoms with Gasteiger partial charge in [-0.3, -0.25) is 10.1 Å². The number of unbranched alkanes of at least 4 members (excludes halogenated alkanes) is 1. The van der Waals surface area contributed by atoms with Crippen molar-refractivity contribution in [1.29, 1.82) is 0 Å². The molecule has 3 aromatic carbocycles. The molecule has 0 unspecified atom stereocenters. The number of fused-ring (bicyclic) bond motifs is 1. The molecule has 0 amide bonds. The lowest BCUT2D eigenvalue weighted by atomic mass is 9.57. The van der Waals surface area contributed by atoms with Crippen molar-refractivity contribution >= 4 is 0 Å². The number of hydrogen-bond acceptors (Lipinski definition) is 4. The molecule has 0 aromatic heterocycles. The Bertz CT molecular complexity index is 1330. The van der Waals surface area contributed by atoms with Gasteiger partial charge < -0.3 is 9.47 Å². The fourth-order valence-electron chi connectivity index (χ4n) is 6.47. The van der Waals surface area contributed by atoms with Crippen LogP contribution in [0, 0.1) is 33.8 Å². The third-order valence-corrected chi connectivity index (χ3v) is 8.27. The third-order valence-electron chi connectivity index (χ3n) is 8.27. The van der Waals surface area contributed by atoms with Crippen LogP contribution < -0.4 is 0 Å². The molecular formula is C35H37NO4. The van der Waals surface area contributed by atoms with Crippen LogP contribution in [-0.2, 0) is 9.47 Å². The van der Waals surface area contributed by atoms with E-state index in [9.17, 15) is 10.1 Å². The first kappa shape index (κ1) is 27.7. The van der Waals surface area contributed by atoms with Gasteiger partial charge >= 0.3 is 0 Å². The molecule has 40 heavy (non-hydrogen) atoms. The van der Waals surface area contributed by atoms with Crippen LogP contribution >= 0.6 is 0 Å². The van der Waals surface area contributed by atoms with Gasteiger partial charge in [-0.1, -0.05) is 104 Å². The summed E-state index contributed by atoms with van der Waals surface area (Å²) in [5, 5.41) is 13.0. The van der Waals surface area contributed by atoms with E-state index in [1.807, 2.05) is 78.9 Å². The minimum Gasteiger partial charge on any atom is -0.473 e. The van der Waals surface area contributed by atoms with Crippen LogP contribution in [0.5, 0.6) is 0 Å². The summed E-state index contributed by atoms with van der Waals surface area (Å²) in [6.07, 6.45) is 5.58. The van der Waals surface area contributed by atoms with Crippen LogP contribution in [0.3, 0.4) is 0 Å². The summed E-state index contributed by atoms with van der Waals surface area (Å²) in [5.74, 6) is 6.09. The van der Waals surface area contributed by atoms with E-state index in [2.05, 4.69) is 30.9 Å². The normalized spacial score (nSPS) is 25.5. The average Bonchev–Trinajstić information content (AvgIpc) is 3.00. The van der Waals surface area contributed by atoms with E-state index < -0.39 is 6.04 Å². The Morgan fingerprint density at radius 3 is 2.25 bits per heavy atom. The Kier molecular flexibility index (Phi) is 9.31. The van der Waals surface area contributed by atoms with Gasteiger partial charge in [0.15, 0.2) is 6.29 Å². The summed E-state index contributed by atoms with van der Waals surface area (Å²) >= 11 is 0. The molecule has 0 saturated heterocycles. The monoisotopic (exact) mass is 535 g/mol. The van der Waals surface area contributed by atoms with Crippen LogP contribution in [0.1, 0.15) is 67.6 Å². The Hall–Kier alpha value is -3.88. The van der Waals surface area contributed by atoms with Crippen molar-refractivity contribution in [1.82, 2.24) is 0 Å². The quantitative estimate of drug-likeness (QED) is 0.122. The molecule has 1 heterocycles. The summed E-state index contributed by atoms with van der Waals surface area (Å²) in [7, 11) is 0. The molecule has 5 heteroatoms. The molecular weight excluding hydrogens is 498 g/mol. The van der Waals surface area contributed by atoms with Gasteiger partial charge in [0, 0.05) is 23.3 Å². The maximum absolute atomic E-state index is 13.0. The highest BCUT2D eigenvalue weighted by molar-refractivity contribution is 5.39. The zero-order valence-electron chi connectivity index (χ0n) is 23.0. The van der Waals surface area contributed by atoms with Crippen LogP contribution in [-0.4, -0.2) is 23.9 Å². The highest BCUT2D eigenvalue weighted by Gasteiger charge is 2.55. The van der Waals surface area contributed by atoms with E-state index in [4.69, 9.17) is 9.47 Å². The molecule has 0 N–H and O–H groups in total. The maximum Gasteiger partial charge on any atom is 0.230 e. The van der Waals surface area contributed by atoms with Crippen molar-refractivity contribution in [2.45, 2.75) is 63.2 Å². The number of hydrogen-bond donors (Lipinski definition) is 0. The molecule has 1 fully saturated rings. The molecule has 1 aliphatic heterocycles. The average molecular weight is 536 g/mol. The maximum atomic E-state index is 13.0. The standard InChI is InChI=1S/C35H37NO4/c1-2-3-23-39-32-24-30-29(22-14-13-17-26-15-7-4-8-16-26)33(27-18-9-5-10-19-27)35(36(37)38)34(31(30)25-40-32)28-20-11-6-12-21-28/h4-12,15-16,18-21,25,29-30,32-35H,2-3,14,22-24H2,1H3/t29-,30-,32+,33+,34+,35+/m0/s1. The molecule has 2 aliphatic rings. The van der Waals surface area contributed by atoms with E-state index in [0.717, 1.165) is 41.5 Å². The van der Waals surface area contributed by atoms with Gasteiger partial charge in [0.05, 0.1) is 24.7 Å². The first-order valence-corrected chi connectivity index (χ1v) is 14.4. The van der Waals surface area contributed by atoms with Gasteiger partial charge in [-0.25, -0.2) is 0 Å². The van der Waals surface area contributed by atoms with E-state index in [0.29, 0.717) is 19.4 Å². The zero-order chi connectivity index (χ0) is 27.7. The number of nitrogens with zero attached hydrogens (tertiary/aromatic N) is 1. The molecule has 0 spiro atoms. The van der Waals surface area contributed by atoms with E-state index in [-0.39, 0.29) is 34.9 Å². The van der Waals surface area contributed by atoms with Crippen molar-refractivity contribution in [3.05, 3.63) is 130 Å². The first-order chi connectivity index (χ1) is 19.7. The SMILES string of the molecule is CCCCO[C@H]1C[C@@H]2C(=CO1)[C@@H](c1ccccc1)[C@H]([N+](=O)[O-])[C@H](c1ccccc1)[C@H]2CCC#Cc1ccccc1. The molecule has 5 rings (SSSR count). The summed E-state index contributed by atoms with van der Waals surface area (Å²) in [5.41, 5.74) is 3.96. The second kappa shape index (κ2) is 13.5. The number of ether oxygens (including phenoxy) is 2. The summed E-state index contributed by atoms with van der Waals surface area (Å²) in [4.78, 5) is 12.9. The second-order valence-electron chi connectivity index (χ2n) is 10.7. The Balaban J connectivity index is 1.55. The second-order valence-corrected chi connectivity index (χ2v) is 10.7. The lowest BCUT2D eigenvalue weighted by Crippen LogP contribution is -2.49. The van der Waals surface area contributed by atoms with Crippen molar-refractivity contribution in [2.24, 2.45) is 11.8 Å². The number of benzene rings is 3. The fraction of sp³-hybridized carbons (Fsp3) is 0.371. The topological polar surface area (TPSA) is 61.6 Å². The molecule has 6 atom stereocenters. The smallest absolute Gasteiger partial charge is 0.230 e. The van der Waals surface area contributed by atoms with Crippen molar-refractivity contribution in [3.8, 4) is 11.8 Å². The predicted octanol–water partition coefficient (Wildman–Crippen LogP) is 7.72.